The first kappa shape index (κ1) is 16.6. The Morgan fingerprint density at radius 1 is 1.41 bits per heavy atom. The lowest BCUT2D eigenvalue weighted by Gasteiger charge is -2.31. The topological polar surface area (TPSA) is 55.8 Å². The van der Waals surface area contributed by atoms with Crippen molar-refractivity contribution >= 4 is 23.5 Å². The van der Waals surface area contributed by atoms with E-state index in [1.54, 1.807) is 30.0 Å². The van der Waals surface area contributed by atoms with E-state index in [1.165, 1.54) is 7.11 Å². The summed E-state index contributed by atoms with van der Waals surface area (Å²) in [6.45, 7) is 3.11. The molecule has 1 heterocycles. The quantitative estimate of drug-likeness (QED) is 0.799. The molecule has 22 heavy (non-hydrogen) atoms. The van der Waals surface area contributed by atoms with Gasteiger partial charge in [0.1, 0.15) is 5.75 Å². The molecule has 1 aromatic rings. The molecule has 0 aromatic heterocycles. The van der Waals surface area contributed by atoms with Crippen LogP contribution in [0.15, 0.2) is 18.2 Å². The molecule has 1 aliphatic rings. The highest BCUT2D eigenvalue weighted by molar-refractivity contribution is 6.31. The van der Waals surface area contributed by atoms with Crippen molar-refractivity contribution in [3.8, 4) is 5.75 Å². The van der Waals surface area contributed by atoms with Crippen LogP contribution in [0, 0.1) is 5.92 Å². The first-order valence-electron chi connectivity index (χ1n) is 7.36. The van der Waals surface area contributed by atoms with Gasteiger partial charge in [-0.25, -0.2) is 0 Å². The van der Waals surface area contributed by atoms with E-state index >= 15 is 0 Å². The third kappa shape index (κ3) is 3.71. The van der Waals surface area contributed by atoms with E-state index in [9.17, 15) is 9.59 Å². The van der Waals surface area contributed by atoms with Gasteiger partial charge >= 0.3 is 5.97 Å². The van der Waals surface area contributed by atoms with Crippen LogP contribution < -0.4 is 4.74 Å². The van der Waals surface area contributed by atoms with Gasteiger partial charge in [0.25, 0.3) is 5.91 Å². The molecule has 1 aromatic carbocycles. The van der Waals surface area contributed by atoms with E-state index in [0.29, 0.717) is 36.0 Å². The molecule has 1 amide bonds. The van der Waals surface area contributed by atoms with Crippen LogP contribution in [0.5, 0.6) is 5.75 Å². The average Bonchev–Trinajstić information content (AvgIpc) is 2.54. The molecule has 2 rings (SSSR count). The van der Waals surface area contributed by atoms with Gasteiger partial charge in [-0.05, 0) is 38.0 Å². The molecule has 1 saturated heterocycles. The number of amides is 1. The molecule has 1 atom stereocenters. The fourth-order valence-electron chi connectivity index (χ4n) is 2.63. The van der Waals surface area contributed by atoms with Crippen LogP contribution in [0.3, 0.4) is 0 Å². The van der Waals surface area contributed by atoms with E-state index in [0.717, 1.165) is 12.8 Å². The fraction of sp³-hybridized carbons (Fsp3) is 0.500. The molecule has 5 nitrogen and oxygen atoms in total. The van der Waals surface area contributed by atoms with Gasteiger partial charge in [-0.3, -0.25) is 9.59 Å². The van der Waals surface area contributed by atoms with Crippen LogP contribution in [-0.4, -0.2) is 43.6 Å². The number of piperidine rings is 1. The lowest BCUT2D eigenvalue weighted by Crippen LogP contribution is -2.42. The van der Waals surface area contributed by atoms with Crippen LogP contribution in [0.4, 0.5) is 0 Å². The second-order valence-electron chi connectivity index (χ2n) is 5.19. The number of nitrogens with zero attached hydrogens (tertiary/aromatic N) is 1. The summed E-state index contributed by atoms with van der Waals surface area (Å²) in [5.74, 6) is -0.193. The number of rotatable bonds is 4. The van der Waals surface area contributed by atoms with Crippen LogP contribution in [-0.2, 0) is 9.53 Å². The Bertz CT molecular complexity index is 561. The summed E-state index contributed by atoms with van der Waals surface area (Å²) in [5, 5.41) is 0.475. The summed E-state index contributed by atoms with van der Waals surface area (Å²) in [4.78, 5) is 26.2. The van der Waals surface area contributed by atoms with Gasteiger partial charge in [0.05, 0.1) is 25.2 Å². The highest BCUT2D eigenvalue weighted by atomic mass is 35.5. The number of hydrogen-bond donors (Lipinski definition) is 0. The summed E-state index contributed by atoms with van der Waals surface area (Å²) in [6, 6.07) is 4.94. The van der Waals surface area contributed by atoms with Crippen LogP contribution in [0.2, 0.25) is 5.02 Å². The highest BCUT2D eigenvalue weighted by Crippen LogP contribution is 2.26. The molecule has 0 spiro atoms. The van der Waals surface area contributed by atoms with Crippen molar-refractivity contribution in [3.05, 3.63) is 28.8 Å². The van der Waals surface area contributed by atoms with Crippen molar-refractivity contribution in [1.29, 1.82) is 0 Å². The number of esters is 1. The summed E-state index contributed by atoms with van der Waals surface area (Å²) < 4.78 is 10.3. The van der Waals surface area contributed by atoms with Gasteiger partial charge < -0.3 is 14.4 Å². The van der Waals surface area contributed by atoms with Crippen molar-refractivity contribution in [2.75, 3.05) is 26.8 Å². The van der Waals surface area contributed by atoms with Gasteiger partial charge in [-0.15, -0.1) is 0 Å². The Balaban J connectivity index is 2.15. The first-order chi connectivity index (χ1) is 10.6. The van der Waals surface area contributed by atoms with Gasteiger partial charge in [0.15, 0.2) is 0 Å². The molecule has 1 fully saturated rings. The van der Waals surface area contributed by atoms with Crippen molar-refractivity contribution in [2.45, 2.75) is 19.8 Å². The molecular formula is C16H20ClNO4. The SMILES string of the molecule is CCOC(=O)[C@@H]1CCCN(C(=O)c2cc(Cl)ccc2OC)C1. The molecule has 0 radical (unpaired) electrons. The van der Waals surface area contributed by atoms with Crippen molar-refractivity contribution < 1.29 is 19.1 Å². The normalized spacial score (nSPS) is 18.0. The molecule has 1 aliphatic heterocycles. The second-order valence-corrected chi connectivity index (χ2v) is 5.62. The van der Waals surface area contributed by atoms with Crippen molar-refractivity contribution in [2.24, 2.45) is 5.92 Å². The maximum absolute atomic E-state index is 12.7. The fourth-order valence-corrected chi connectivity index (χ4v) is 2.80. The highest BCUT2D eigenvalue weighted by Gasteiger charge is 2.30. The number of hydrogen-bond acceptors (Lipinski definition) is 4. The first-order valence-corrected chi connectivity index (χ1v) is 7.74. The molecule has 0 unspecified atom stereocenters. The minimum absolute atomic E-state index is 0.173. The minimum atomic E-state index is -0.261. The number of likely N-dealkylation sites (tertiary alicyclic amines) is 1. The largest absolute Gasteiger partial charge is 0.496 e. The zero-order valence-electron chi connectivity index (χ0n) is 12.8. The predicted molar refractivity (Wildman–Crippen MR) is 83.3 cm³/mol. The zero-order valence-corrected chi connectivity index (χ0v) is 13.6. The molecule has 120 valence electrons. The molecule has 0 aliphatic carbocycles. The molecule has 0 N–H and O–H groups in total. The summed E-state index contributed by atoms with van der Waals surface area (Å²) in [5.41, 5.74) is 0.416. The van der Waals surface area contributed by atoms with E-state index < -0.39 is 0 Å². The Morgan fingerprint density at radius 3 is 2.86 bits per heavy atom. The monoisotopic (exact) mass is 325 g/mol. The lowest BCUT2D eigenvalue weighted by molar-refractivity contribution is -0.149. The lowest BCUT2D eigenvalue weighted by atomic mass is 9.97. The number of halogens is 1. The predicted octanol–water partition coefficient (Wildman–Crippen LogP) is 2.76. The minimum Gasteiger partial charge on any atom is -0.496 e. The number of benzene rings is 1. The molecular weight excluding hydrogens is 306 g/mol. The van der Waals surface area contributed by atoms with E-state index in [-0.39, 0.29) is 17.8 Å². The molecule has 6 heteroatoms. The Kier molecular flexibility index (Phi) is 5.66. The van der Waals surface area contributed by atoms with Crippen LogP contribution in [0.1, 0.15) is 30.1 Å². The van der Waals surface area contributed by atoms with E-state index in [4.69, 9.17) is 21.1 Å². The molecule has 0 bridgehead atoms. The maximum atomic E-state index is 12.7. The number of methoxy groups -OCH3 is 1. The Hall–Kier alpha value is -1.75. The number of carbonyl (C=O) groups is 2. The zero-order chi connectivity index (χ0) is 16.1. The number of ether oxygens (including phenoxy) is 2. The third-order valence-electron chi connectivity index (χ3n) is 3.72. The second kappa shape index (κ2) is 7.49. The van der Waals surface area contributed by atoms with E-state index in [2.05, 4.69) is 0 Å². The maximum Gasteiger partial charge on any atom is 0.310 e. The summed E-state index contributed by atoms with van der Waals surface area (Å²) >= 11 is 5.98. The number of carbonyl (C=O) groups excluding carboxylic acids is 2. The standard InChI is InChI=1S/C16H20ClNO4/c1-3-22-16(20)11-5-4-8-18(10-11)15(19)13-9-12(17)6-7-14(13)21-2/h6-7,9,11H,3-5,8,10H2,1-2H3/t11-/m1/s1. The summed E-state index contributed by atoms with van der Waals surface area (Å²) in [6.07, 6.45) is 1.52. The van der Waals surface area contributed by atoms with Gasteiger partial charge in [0.2, 0.25) is 0 Å². The van der Waals surface area contributed by atoms with Crippen LogP contribution >= 0.6 is 11.6 Å². The van der Waals surface area contributed by atoms with Crippen LogP contribution in [0.25, 0.3) is 0 Å². The Morgan fingerprint density at radius 2 is 2.18 bits per heavy atom. The van der Waals surface area contributed by atoms with Crippen molar-refractivity contribution in [1.82, 2.24) is 4.90 Å². The summed E-state index contributed by atoms with van der Waals surface area (Å²) in [7, 11) is 1.51. The van der Waals surface area contributed by atoms with Gasteiger partial charge in [-0.2, -0.15) is 0 Å². The van der Waals surface area contributed by atoms with Crippen molar-refractivity contribution in [3.63, 3.8) is 0 Å². The molecule has 0 saturated carbocycles. The third-order valence-corrected chi connectivity index (χ3v) is 3.96. The van der Waals surface area contributed by atoms with Gasteiger partial charge in [0, 0.05) is 18.1 Å². The van der Waals surface area contributed by atoms with E-state index in [1.807, 2.05) is 0 Å². The average molecular weight is 326 g/mol. The Labute approximate surface area is 135 Å². The van der Waals surface area contributed by atoms with Gasteiger partial charge in [-0.1, -0.05) is 11.6 Å². The smallest absolute Gasteiger partial charge is 0.310 e.